The molecule has 2 heterocycles. The smallest absolute Gasteiger partial charge is 0.254 e. The van der Waals surface area contributed by atoms with E-state index in [4.69, 9.17) is 4.98 Å². The lowest BCUT2D eigenvalue weighted by atomic mass is 10.1. The Bertz CT molecular complexity index is 838. The number of carbonyl (C=O) groups excluding carboxylic acids is 1. The van der Waals surface area contributed by atoms with Crippen molar-refractivity contribution in [2.75, 3.05) is 23.7 Å². The van der Waals surface area contributed by atoms with E-state index in [2.05, 4.69) is 10.2 Å². The van der Waals surface area contributed by atoms with Crippen LogP contribution in [-0.4, -0.2) is 40.9 Å². The van der Waals surface area contributed by atoms with Crippen molar-refractivity contribution in [3.63, 3.8) is 0 Å². The molecule has 3 rings (SSSR count). The maximum atomic E-state index is 13.3. The van der Waals surface area contributed by atoms with E-state index >= 15 is 0 Å². The molecule has 2 aromatic rings. The SMILES string of the molecule is CCSc1nc(N2CCC(O)CC2)cc(C)c1C(=O)NCc1cccc(F)c1. The van der Waals surface area contributed by atoms with Crippen LogP contribution < -0.4 is 10.2 Å². The third-order valence-corrected chi connectivity index (χ3v) is 5.67. The van der Waals surface area contributed by atoms with Crippen LogP contribution in [0.5, 0.6) is 0 Å². The summed E-state index contributed by atoms with van der Waals surface area (Å²) in [5.74, 6) is 1.13. The zero-order valence-corrected chi connectivity index (χ0v) is 17.1. The number of carbonyl (C=O) groups is 1. The number of nitrogens with zero attached hydrogens (tertiary/aromatic N) is 2. The minimum Gasteiger partial charge on any atom is -0.393 e. The van der Waals surface area contributed by atoms with Crippen LogP contribution in [0.4, 0.5) is 10.2 Å². The summed E-state index contributed by atoms with van der Waals surface area (Å²) in [6, 6.07) is 8.15. The van der Waals surface area contributed by atoms with Gasteiger partial charge in [-0.1, -0.05) is 19.1 Å². The third kappa shape index (κ3) is 5.02. The summed E-state index contributed by atoms with van der Waals surface area (Å²) < 4.78 is 13.3. The van der Waals surface area contributed by atoms with Crippen molar-refractivity contribution in [3.05, 3.63) is 52.8 Å². The molecular weight excluding hydrogens is 377 g/mol. The van der Waals surface area contributed by atoms with Gasteiger partial charge in [-0.25, -0.2) is 9.37 Å². The van der Waals surface area contributed by atoms with Crippen molar-refractivity contribution in [2.24, 2.45) is 0 Å². The number of benzene rings is 1. The van der Waals surface area contributed by atoms with Crippen molar-refractivity contribution < 1.29 is 14.3 Å². The number of aryl methyl sites for hydroxylation is 1. The standard InChI is InChI=1S/C21H26FN3O2S/c1-3-28-21-19(20(27)23-13-15-5-4-6-16(22)12-15)14(2)11-18(24-21)25-9-7-17(26)8-10-25/h4-6,11-12,17,26H,3,7-10,13H2,1-2H3,(H,23,27). The van der Waals surface area contributed by atoms with Crippen LogP contribution in [0.3, 0.4) is 0 Å². The Balaban J connectivity index is 1.79. The van der Waals surface area contributed by atoms with E-state index in [1.807, 2.05) is 19.9 Å². The van der Waals surface area contributed by atoms with Gasteiger partial charge in [0, 0.05) is 19.6 Å². The summed E-state index contributed by atoms with van der Waals surface area (Å²) in [5, 5.41) is 13.3. The fraction of sp³-hybridized carbons (Fsp3) is 0.429. The second-order valence-electron chi connectivity index (χ2n) is 6.94. The lowest BCUT2D eigenvalue weighted by molar-refractivity contribution is 0.0946. The normalized spacial score (nSPS) is 14.9. The Labute approximate surface area is 169 Å². The molecule has 150 valence electrons. The first-order chi connectivity index (χ1) is 13.5. The number of rotatable bonds is 6. The number of aromatic nitrogens is 1. The number of pyridine rings is 1. The Morgan fingerprint density at radius 3 is 2.79 bits per heavy atom. The van der Waals surface area contributed by atoms with Gasteiger partial charge in [-0.15, -0.1) is 11.8 Å². The largest absolute Gasteiger partial charge is 0.393 e. The van der Waals surface area contributed by atoms with Gasteiger partial charge in [0.05, 0.1) is 11.7 Å². The average Bonchev–Trinajstić information content (AvgIpc) is 2.67. The number of aliphatic hydroxyl groups is 1. The van der Waals surface area contributed by atoms with E-state index in [1.54, 1.807) is 12.1 Å². The summed E-state index contributed by atoms with van der Waals surface area (Å²) in [6.45, 7) is 5.72. The molecule has 1 aromatic heterocycles. The lowest BCUT2D eigenvalue weighted by Crippen LogP contribution is -2.36. The van der Waals surface area contributed by atoms with Gasteiger partial charge >= 0.3 is 0 Å². The van der Waals surface area contributed by atoms with Crippen LogP contribution in [0.15, 0.2) is 35.4 Å². The van der Waals surface area contributed by atoms with Crippen molar-refractivity contribution >= 4 is 23.5 Å². The molecule has 1 fully saturated rings. The summed E-state index contributed by atoms with van der Waals surface area (Å²) in [5.41, 5.74) is 2.15. The van der Waals surface area contributed by atoms with Crippen molar-refractivity contribution in [1.29, 1.82) is 0 Å². The van der Waals surface area contributed by atoms with Gasteiger partial charge in [-0.05, 0) is 54.8 Å². The Hall–Kier alpha value is -2.12. The number of halogens is 1. The number of hydrogen-bond acceptors (Lipinski definition) is 5. The number of nitrogens with one attached hydrogen (secondary N) is 1. The molecule has 5 nitrogen and oxygen atoms in total. The molecule has 0 bridgehead atoms. The number of amides is 1. The van der Waals surface area contributed by atoms with Crippen molar-refractivity contribution in [2.45, 2.75) is 44.4 Å². The van der Waals surface area contributed by atoms with E-state index < -0.39 is 0 Å². The van der Waals surface area contributed by atoms with E-state index in [0.717, 1.165) is 43.1 Å². The number of piperidine rings is 1. The van der Waals surface area contributed by atoms with Gasteiger partial charge in [0.25, 0.3) is 5.91 Å². The Morgan fingerprint density at radius 1 is 1.36 bits per heavy atom. The zero-order chi connectivity index (χ0) is 20.1. The predicted octanol–water partition coefficient (Wildman–Crippen LogP) is 3.53. The molecule has 0 radical (unpaired) electrons. The second-order valence-corrected chi connectivity index (χ2v) is 8.19. The summed E-state index contributed by atoms with van der Waals surface area (Å²) >= 11 is 1.54. The molecule has 1 aromatic carbocycles. The topological polar surface area (TPSA) is 65.5 Å². The molecule has 7 heteroatoms. The maximum Gasteiger partial charge on any atom is 0.254 e. The van der Waals surface area contributed by atoms with Crippen LogP contribution in [0.25, 0.3) is 0 Å². The molecule has 0 aliphatic carbocycles. The predicted molar refractivity (Wildman–Crippen MR) is 110 cm³/mol. The molecule has 1 aliphatic rings. The molecule has 0 saturated carbocycles. The minimum atomic E-state index is -0.317. The lowest BCUT2D eigenvalue weighted by Gasteiger charge is -2.31. The van der Waals surface area contributed by atoms with E-state index in [0.29, 0.717) is 16.2 Å². The third-order valence-electron chi connectivity index (χ3n) is 4.81. The fourth-order valence-electron chi connectivity index (χ4n) is 3.32. The van der Waals surface area contributed by atoms with Gasteiger partial charge in [0.2, 0.25) is 0 Å². The highest BCUT2D eigenvalue weighted by atomic mass is 32.2. The van der Waals surface area contributed by atoms with Gasteiger partial charge in [-0.3, -0.25) is 4.79 Å². The highest BCUT2D eigenvalue weighted by Crippen LogP contribution is 2.29. The molecule has 0 unspecified atom stereocenters. The first-order valence-electron chi connectivity index (χ1n) is 9.58. The first kappa shape index (κ1) is 20.6. The monoisotopic (exact) mass is 403 g/mol. The fourth-order valence-corrected chi connectivity index (χ4v) is 4.15. The number of aliphatic hydroxyl groups excluding tert-OH is 1. The Kier molecular flexibility index (Phi) is 6.91. The molecule has 1 aliphatic heterocycles. The van der Waals surface area contributed by atoms with Crippen LogP contribution in [0.2, 0.25) is 0 Å². The number of hydrogen-bond donors (Lipinski definition) is 2. The highest BCUT2D eigenvalue weighted by Gasteiger charge is 2.22. The first-order valence-corrected chi connectivity index (χ1v) is 10.6. The van der Waals surface area contributed by atoms with Crippen LogP contribution in [0.1, 0.15) is 41.3 Å². The second kappa shape index (κ2) is 9.39. The van der Waals surface area contributed by atoms with Crippen LogP contribution >= 0.6 is 11.8 Å². The highest BCUT2D eigenvalue weighted by molar-refractivity contribution is 7.99. The quantitative estimate of drug-likeness (QED) is 0.723. The van der Waals surface area contributed by atoms with Crippen LogP contribution in [0, 0.1) is 12.7 Å². The molecule has 1 saturated heterocycles. The van der Waals surface area contributed by atoms with Gasteiger partial charge in [0.15, 0.2) is 0 Å². The van der Waals surface area contributed by atoms with Gasteiger partial charge in [0.1, 0.15) is 16.7 Å². The van der Waals surface area contributed by atoms with Crippen molar-refractivity contribution in [1.82, 2.24) is 10.3 Å². The Morgan fingerprint density at radius 2 is 2.11 bits per heavy atom. The minimum absolute atomic E-state index is 0.203. The molecule has 1 amide bonds. The van der Waals surface area contributed by atoms with Crippen molar-refractivity contribution in [3.8, 4) is 0 Å². The molecule has 0 spiro atoms. The van der Waals surface area contributed by atoms with E-state index in [1.165, 1.54) is 23.9 Å². The number of anilines is 1. The summed E-state index contributed by atoms with van der Waals surface area (Å²) in [7, 11) is 0. The summed E-state index contributed by atoms with van der Waals surface area (Å²) in [6.07, 6.45) is 1.22. The molecular formula is C21H26FN3O2S. The molecule has 0 atom stereocenters. The number of thioether (sulfide) groups is 1. The van der Waals surface area contributed by atoms with E-state index in [9.17, 15) is 14.3 Å². The summed E-state index contributed by atoms with van der Waals surface area (Å²) in [4.78, 5) is 19.8. The maximum absolute atomic E-state index is 13.3. The molecule has 28 heavy (non-hydrogen) atoms. The average molecular weight is 404 g/mol. The van der Waals surface area contributed by atoms with Crippen LogP contribution in [-0.2, 0) is 6.54 Å². The zero-order valence-electron chi connectivity index (χ0n) is 16.2. The van der Waals surface area contributed by atoms with E-state index in [-0.39, 0.29) is 24.4 Å². The molecule has 2 N–H and O–H groups in total. The van der Waals surface area contributed by atoms with Gasteiger partial charge in [-0.2, -0.15) is 0 Å². The van der Waals surface area contributed by atoms with Gasteiger partial charge < -0.3 is 15.3 Å².